The summed E-state index contributed by atoms with van der Waals surface area (Å²) in [5.41, 5.74) is 1.97. The molecule has 0 aliphatic rings. The Hall–Kier alpha value is -1.08. The van der Waals surface area contributed by atoms with Crippen LogP contribution < -0.4 is 0 Å². The Morgan fingerprint density at radius 2 is 2.15 bits per heavy atom. The van der Waals surface area contributed by atoms with Gasteiger partial charge in [0.15, 0.2) is 9.30 Å². The molecule has 0 bridgehead atoms. The van der Waals surface area contributed by atoms with Gasteiger partial charge in [0.25, 0.3) is 0 Å². The lowest BCUT2D eigenvalue weighted by molar-refractivity contribution is 1.21. The lowest BCUT2D eigenvalue weighted by atomic mass is 10.3. The van der Waals surface area contributed by atoms with Crippen LogP contribution >= 0.6 is 46.0 Å². The highest BCUT2D eigenvalue weighted by Gasteiger charge is 2.12. The standard InChI is InChI=1S/C13H8ClN3S3/c14-11-9(15-12-17(11)5-6-18-12)7-19-13-16-8-3-1-2-4-10(8)20-13/h1-6H,7H2. The second-order valence-electron chi connectivity index (χ2n) is 4.14. The van der Waals surface area contributed by atoms with Gasteiger partial charge >= 0.3 is 0 Å². The summed E-state index contributed by atoms with van der Waals surface area (Å²) in [4.78, 5) is 10.1. The van der Waals surface area contributed by atoms with E-state index >= 15 is 0 Å². The zero-order valence-electron chi connectivity index (χ0n) is 10.1. The summed E-state index contributed by atoms with van der Waals surface area (Å²) in [7, 11) is 0. The number of rotatable bonds is 3. The molecule has 0 aliphatic heterocycles. The molecule has 3 nitrogen and oxygen atoms in total. The first-order valence-corrected chi connectivity index (χ1v) is 8.95. The fraction of sp³-hybridized carbons (Fsp3) is 0.0769. The molecule has 3 aromatic heterocycles. The summed E-state index contributed by atoms with van der Waals surface area (Å²) in [6.45, 7) is 0. The van der Waals surface area contributed by atoms with Gasteiger partial charge < -0.3 is 0 Å². The maximum absolute atomic E-state index is 6.32. The van der Waals surface area contributed by atoms with Gasteiger partial charge in [0, 0.05) is 17.3 Å². The molecular formula is C13H8ClN3S3. The molecule has 0 fully saturated rings. The van der Waals surface area contributed by atoms with Crippen LogP contribution in [0, 0.1) is 0 Å². The van der Waals surface area contributed by atoms with Gasteiger partial charge in [0.05, 0.1) is 15.9 Å². The third-order valence-electron chi connectivity index (χ3n) is 2.88. The summed E-state index contributed by atoms with van der Waals surface area (Å²) in [5.74, 6) is 0.743. The number of thioether (sulfide) groups is 1. The minimum absolute atomic E-state index is 0.704. The van der Waals surface area contributed by atoms with E-state index < -0.39 is 0 Å². The highest BCUT2D eigenvalue weighted by atomic mass is 35.5. The van der Waals surface area contributed by atoms with E-state index in [0.717, 1.165) is 26.3 Å². The number of thiazole rings is 2. The van der Waals surface area contributed by atoms with Crippen LogP contribution in [0.4, 0.5) is 0 Å². The number of aromatic nitrogens is 3. The Labute approximate surface area is 132 Å². The number of imidazole rings is 1. The fourth-order valence-corrected chi connectivity index (χ4v) is 5.05. The van der Waals surface area contributed by atoms with Gasteiger partial charge in [-0.2, -0.15) is 0 Å². The van der Waals surface area contributed by atoms with E-state index in [1.165, 1.54) is 4.70 Å². The topological polar surface area (TPSA) is 30.2 Å². The zero-order chi connectivity index (χ0) is 13.5. The first-order chi connectivity index (χ1) is 9.81. The molecule has 1 aromatic carbocycles. The minimum Gasteiger partial charge on any atom is -0.281 e. The van der Waals surface area contributed by atoms with Gasteiger partial charge in [0.2, 0.25) is 0 Å². The van der Waals surface area contributed by atoms with Crippen LogP contribution in [0.15, 0.2) is 40.2 Å². The van der Waals surface area contributed by atoms with E-state index in [1.807, 2.05) is 34.2 Å². The molecule has 7 heteroatoms. The number of fused-ring (bicyclic) bond motifs is 2. The summed E-state index contributed by atoms with van der Waals surface area (Å²) in [6.07, 6.45) is 1.95. The fourth-order valence-electron chi connectivity index (χ4n) is 1.94. The van der Waals surface area contributed by atoms with Crippen molar-refractivity contribution < 1.29 is 0 Å². The van der Waals surface area contributed by atoms with Gasteiger partial charge in [-0.1, -0.05) is 35.5 Å². The van der Waals surface area contributed by atoms with Crippen LogP contribution in [0.3, 0.4) is 0 Å². The average Bonchev–Trinajstić information content (AvgIpc) is 3.13. The molecule has 3 heterocycles. The first kappa shape index (κ1) is 12.6. The third-order valence-corrected chi connectivity index (χ3v) is 6.22. The monoisotopic (exact) mass is 337 g/mol. The molecule has 4 aromatic rings. The van der Waals surface area contributed by atoms with Gasteiger partial charge in [-0.25, -0.2) is 9.97 Å². The molecular weight excluding hydrogens is 330 g/mol. The molecule has 4 rings (SSSR count). The van der Waals surface area contributed by atoms with E-state index in [-0.39, 0.29) is 0 Å². The first-order valence-electron chi connectivity index (χ1n) is 5.89. The van der Waals surface area contributed by atoms with Crippen LogP contribution in [-0.2, 0) is 5.75 Å². The summed E-state index contributed by atoms with van der Waals surface area (Å²) in [6, 6.07) is 8.18. The maximum Gasteiger partial charge on any atom is 0.195 e. The number of hydrogen-bond acceptors (Lipinski definition) is 5. The summed E-state index contributed by atoms with van der Waals surface area (Å²) in [5, 5.41) is 2.69. The van der Waals surface area contributed by atoms with Crippen LogP contribution in [0.2, 0.25) is 5.15 Å². The SMILES string of the molecule is Clc1c(CSc2nc3ccccc3s2)nc2sccn12. The van der Waals surface area contributed by atoms with Gasteiger partial charge in [-0.05, 0) is 12.1 Å². The Morgan fingerprint density at radius 3 is 3.00 bits per heavy atom. The highest BCUT2D eigenvalue weighted by Crippen LogP contribution is 2.33. The Balaban J connectivity index is 1.60. The molecule has 0 atom stereocenters. The molecule has 20 heavy (non-hydrogen) atoms. The number of para-hydroxylation sites is 1. The predicted molar refractivity (Wildman–Crippen MR) is 87.3 cm³/mol. The zero-order valence-corrected chi connectivity index (χ0v) is 13.3. The molecule has 100 valence electrons. The van der Waals surface area contributed by atoms with E-state index in [2.05, 4.69) is 16.0 Å². The van der Waals surface area contributed by atoms with Crippen molar-refractivity contribution in [3.8, 4) is 0 Å². The number of benzene rings is 1. The lowest BCUT2D eigenvalue weighted by Gasteiger charge is -1.94. The van der Waals surface area contributed by atoms with Gasteiger partial charge in [-0.15, -0.1) is 22.7 Å². The van der Waals surface area contributed by atoms with E-state index in [4.69, 9.17) is 11.6 Å². The van der Waals surface area contributed by atoms with Crippen molar-refractivity contribution in [3.63, 3.8) is 0 Å². The van der Waals surface area contributed by atoms with Crippen molar-refractivity contribution in [2.75, 3.05) is 0 Å². The summed E-state index contributed by atoms with van der Waals surface area (Å²) < 4.78 is 4.19. The second-order valence-corrected chi connectivity index (χ2v) is 7.63. The summed E-state index contributed by atoms with van der Waals surface area (Å²) >= 11 is 11.3. The molecule has 0 spiro atoms. The smallest absolute Gasteiger partial charge is 0.195 e. The van der Waals surface area contributed by atoms with Crippen LogP contribution in [0.1, 0.15) is 5.69 Å². The van der Waals surface area contributed by atoms with E-state index in [0.29, 0.717) is 5.15 Å². The molecule has 0 amide bonds. The molecule has 0 unspecified atom stereocenters. The largest absolute Gasteiger partial charge is 0.281 e. The van der Waals surface area contributed by atoms with Crippen molar-refractivity contribution in [3.05, 3.63) is 46.7 Å². The van der Waals surface area contributed by atoms with Crippen LogP contribution in [-0.4, -0.2) is 14.4 Å². The van der Waals surface area contributed by atoms with Gasteiger partial charge in [0.1, 0.15) is 5.15 Å². The predicted octanol–water partition coefficient (Wildman–Crippen LogP) is 4.95. The highest BCUT2D eigenvalue weighted by molar-refractivity contribution is 8.00. The maximum atomic E-state index is 6.32. The van der Waals surface area contributed by atoms with Crippen molar-refractivity contribution in [2.24, 2.45) is 0 Å². The van der Waals surface area contributed by atoms with Crippen LogP contribution in [0.25, 0.3) is 15.2 Å². The van der Waals surface area contributed by atoms with Crippen LogP contribution in [0.5, 0.6) is 0 Å². The molecule has 0 aliphatic carbocycles. The normalized spacial score (nSPS) is 11.7. The molecule has 0 radical (unpaired) electrons. The Bertz CT molecular complexity index is 860. The number of halogens is 1. The molecule has 0 saturated carbocycles. The average molecular weight is 338 g/mol. The Morgan fingerprint density at radius 1 is 1.25 bits per heavy atom. The van der Waals surface area contributed by atoms with Crippen molar-refractivity contribution in [2.45, 2.75) is 10.1 Å². The van der Waals surface area contributed by atoms with Crippen molar-refractivity contribution >= 4 is 61.2 Å². The molecule has 0 N–H and O–H groups in total. The minimum atomic E-state index is 0.704. The van der Waals surface area contributed by atoms with E-state index in [9.17, 15) is 0 Å². The van der Waals surface area contributed by atoms with Crippen molar-refractivity contribution in [1.82, 2.24) is 14.4 Å². The quantitative estimate of drug-likeness (QED) is 0.495. The van der Waals surface area contributed by atoms with Crippen molar-refractivity contribution in [1.29, 1.82) is 0 Å². The van der Waals surface area contributed by atoms with Gasteiger partial charge in [-0.3, -0.25) is 4.40 Å². The third kappa shape index (κ3) is 2.13. The number of nitrogens with zero attached hydrogens (tertiary/aromatic N) is 3. The molecule has 0 saturated heterocycles. The van der Waals surface area contributed by atoms with E-state index in [1.54, 1.807) is 34.4 Å². The lowest BCUT2D eigenvalue weighted by Crippen LogP contribution is -1.82. The second kappa shape index (κ2) is 5.04. The Kier molecular flexibility index (Phi) is 3.18. The number of hydrogen-bond donors (Lipinski definition) is 0.